The monoisotopic (exact) mass is 164 g/mol. The Morgan fingerprint density at radius 2 is 2.50 bits per heavy atom. The topological polar surface area (TPSA) is 22.4 Å². The minimum atomic E-state index is 0.301. The van der Waals surface area contributed by atoms with Crippen LogP contribution in [0.5, 0.6) is 0 Å². The average Bonchev–Trinajstić information content (AvgIpc) is 2.74. The standard InChI is InChI=1S/C10H12O2/c1-3-9(11-7-1)5-6-10-4-2-8-12-10/h1,3,5-7,10H,2,4,8H2/b6-5+. The molecule has 1 aromatic rings. The fourth-order valence-corrected chi connectivity index (χ4v) is 1.34. The highest BCUT2D eigenvalue weighted by Gasteiger charge is 2.11. The molecule has 1 aliphatic rings. The third-order valence-corrected chi connectivity index (χ3v) is 1.98. The third-order valence-electron chi connectivity index (χ3n) is 1.98. The first-order valence-electron chi connectivity index (χ1n) is 4.28. The Bertz CT molecular complexity index is 243. The summed E-state index contributed by atoms with van der Waals surface area (Å²) in [5.74, 6) is 0.894. The van der Waals surface area contributed by atoms with Crippen molar-refractivity contribution in [1.82, 2.24) is 0 Å². The van der Waals surface area contributed by atoms with Gasteiger partial charge in [0.2, 0.25) is 0 Å². The lowest BCUT2D eigenvalue weighted by Crippen LogP contribution is -1.98. The van der Waals surface area contributed by atoms with Gasteiger partial charge in [0.05, 0.1) is 12.4 Å². The maximum Gasteiger partial charge on any atom is 0.126 e. The van der Waals surface area contributed by atoms with Crippen LogP contribution < -0.4 is 0 Å². The maximum atomic E-state index is 5.42. The number of furan rings is 1. The first kappa shape index (κ1) is 7.62. The fourth-order valence-electron chi connectivity index (χ4n) is 1.34. The van der Waals surface area contributed by atoms with Crippen LogP contribution in [-0.4, -0.2) is 12.7 Å². The molecule has 1 fully saturated rings. The molecule has 2 rings (SSSR count). The van der Waals surface area contributed by atoms with Gasteiger partial charge in [-0.2, -0.15) is 0 Å². The van der Waals surface area contributed by atoms with Crippen LogP contribution in [0.3, 0.4) is 0 Å². The van der Waals surface area contributed by atoms with E-state index < -0.39 is 0 Å². The Morgan fingerprint density at radius 3 is 3.17 bits per heavy atom. The van der Waals surface area contributed by atoms with Gasteiger partial charge in [-0.05, 0) is 31.1 Å². The van der Waals surface area contributed by atoms with E-state index in [1.54, 1.807) is 6.26 Å². The van der Waals surface area contributed by atoms with Gasteiger partial charge in [-0.3, -0.25) is 0 Å². The van der Waals surface area contributed by atoms with E-state index in [1.807, 2.05) is 18.2 Å². The zero-order chi connectivity index (χ0) is 8.23. The smallest absolute Gasteiger partial charge is 0.126 e. The zero-order valence-electron chi connectivity index (χ0n) is 6.90. The first-order chi connectivity index (χ1) is 5.95. The highest BCUT2D eigenvalue weighted by molar-refractivity contribution is 5.42. The van der Waals surface area contributed by atoms with Crippen molar-refractivity contribution in [1.29, 1.82) is 0 Å². The molecule has 1 saturated heterocycles. The molecule has 0 aliphatic carbocycles. The Morgan fingerprint density at radius 1 is 1.50 bits per heavy atom. The average molecular weight is 164 g/mol. The summed E-state index contributed by atoms with van der Waals surface area (Å²) in [5.41, 5.74) is 0. The van der Waals surface area contributed by atoms with Crippen LogP contribution in [0, 0.1) is 0 Å². The van der Waals surface area contributed by atoms with Crippen LogP contribution in [-0.2, 0) is 4.74 Å². The summed E-state index contributed by atoms with van der Waals surface area (Å²) in [5, 5.41) is 0. The summed E-state index contributed by atoms with van der Waals surface area (Å²) in [6, 6.07) is 3.82. The van der Waals surface area contributed by atoms with Crippen molar-refractivity contribution in [3.63, 3.8) is 0 Å². The lowest BCUT2D eigenvalue weighted by atomic mass is 10.2. The van der Waals surface area contributed by atoms with Crippen LogP contribution in [0.2, 0.25) is 0 Å². The van der Waals surface area contributed by atoms with Crippen molar-refractivity contribution < 1.29 is 9.15 Å². The van der Waals surface area contributed by atoms with E-state index in [4.69, 9.17) is 9.15 Å². The van der Waals surface area contributed by atoms with Gasteiger partial charge in [-0.1, -0.05) is 6.08 Å². The molecule has 2 heteroatoms. The van der Waals surface area contributed by atoms with E-state index >= 15 is 0 Å². The van der Waals surface area contributed by atoms with Gasteiger partial charge < -0.3 is 9.15 Å². The molecular weight excluding hydrogens is 152 g/mol. The second kappa shape index (κ2) is 3.59. The van der Waals surface area contributed by atoms with Crippen LogP contribution >= 0.6 is 0 Å². The quantitative estimate of drug-likeness (QED) is 0.670. The van der Waals surface area contributed by atoms with Gasteiger partial charge in [-0.15, -0.1) is 0 Å². The minimum Gasteiger partial charge on any atom is -0.465 e. The predicted molar refractivity (Wildman–Crippen MR) is 46.7 cm³/mol. The van der Waals surface area contributed by atoms with E-state index in [2.05, 4.69) is 6.08 Å². The maximum absolute atomic E-state index is 5.42. The summed E-state index contributed by atoms with van der Waals surface area (Å²) in [7, 11) is 0. The number of ether oxygens (including phenoxy) is 1. The van der Waals surface area contributed by atoms with Gasteiger partial charge in [0.25, 0.3) is 0 Å². The molecule has 1 atom stereocenters. The largest absolute Gasteiger partial charge is 0.465 e. The second-order valence-corrected chi connectivity index (χ2v) is 2.93. The van der Waals surface area contributed by atoms with Crippen LogP contribution in [0.15, 0.2) is 28.9 Å². The zero-order valence-corrected chi connectivity index (χ0v) is 6.90. The molecule has 1 aromatic heterocycles. The van der Waals surface area contributed by atoms with Crippen LogP contribution in [0.1, 0.15) is 18.6 Å². The molecule has 1 aliphatic heterocycles. The third kappa shape index (κ3) is 1.77. The molecular formula is C10H12O2. The van der Waals surface area contributed by atoms with E-state index in [-0.39, 0.29) is 0 Å². The molecule has 0 bridgehead atoms. The van der Waals surface area contributed by atoms with Crippen molar-refractivity contribution in [3.05, 3.63) is 30.2 Å². The van der Waals surface area contributed by atoms with E-state index in [0.29, 0.717) is 6.10 Å². The number of hydrogen-bond donors (Lipinski definition) is 0. The van der Waals surface area contributed by atoms with Gasteiger partial charge in [0.15, 0.2) is 0 Å². The highest BCUT2D eigenvalue weighted by atomic mass is 16.5. The van der Waals surface area contributed by atoms with E-state index in [9.17, 15) is 0 Å². The van der Waals surface area contributed by atoms with Crippen molar-refractivity contribution in [2.45, 2.75) is 18.9 Å². The summed E-state index contributed by atoms with van der Waals surface area (Å²) in [6.07, 6.45) is 8.32. The lowest BCUT2D eigenvalue weighted by molar-refractivity contribution is 0.146. The van der Waals surface area contributed by atoms with Gasteiger partial charge >= 0.3 is 0 Å². The van der Waals surface area contributed by atoms with Crippen molar-refractivity contribution in [2.24, 2.45) is 0 Å². The van der Waals surface area contributed by atoms with Crippen LogP contribution in [0.25, 0.3) is 6.08 Å². The molecule has 0 spiro atoms. The SMILES string of the molecule is C(=C\C1CCCO1)/c1ccco1. The number of hydrogen-bond acceptors (Lipinski definition) is 2. The highest BCUT2D eigenvalue weighted by Crippen LogP contribution is 2.14. The summed E-state index contributed by atoms with van der Waals surface area (Å²) < 4.78 is 10.6. The molecule has 12 heavy (non-hydrogen) atoms. The molecule has 0 radical (unpaired) electrons. The Hall–Kier alpha value is -1.02. The summed E-state index contributed by atoms with van der Waals surface area (Å²) in [6.45, 7) is 0.896. The van der Waals surface area contributed by atoms with Crippen molar-refractivity contribution >= 4 is 6.08 Å². The summed E-state index contributed by atoms with van der Waals surface area (Å²) >= 11 is 0. The molecule has 0 N–H and O–H groups in total. The number of rotatable bonds is 2. The Kier molecular flexibility index (Phi) is 2.28. The molecule has 0 amide bonds. The summed E-state index contributed by atoms with van der Waals surface area (Å²) in [4.78, 5) is 0. The second-order valence-electron chi connectivity index (χ2n) is 2.93. The van der Waals surface area contributed by atoms with E-state index in [0.717, 1.165) is 18.8 Å². The molecule has 2 heterocycles. The van der Waals surface area contributed by atoms with Gasteiger partial charge in [0.1, 0.15) is 5.76 Å². The van der Waals surface area contributed by atoms with E-state index in [1.165, 1.54) is 6.42 Å². The molecule has 64 valence electrons. The normalized spacial score (nSPS) is 23.8. The lowest BCUT2D eigenvalue weighted by Gasteiger charge is -1.99. The first-order valence-corrected chi connectivity index (χ1v) is 4.28. The van der Waals surface area contributed by atoms with Gasteiger partial charge in [0, 0.05) is 6.61 Å². The predicted octanol–water partition coefficient (Wildman–Crippen LogP) is 2.47. The Balaban J connectivity index is 1.93. The fraction of sp³-hybridized carbons (Fsp3) is 0.400. The Labute approximate surface area is 71.8 Å². The van der Waals surface area contributed by atoms with Crippen LogP contribution in [0.4, 0.5) is 0 Å². The molecule has 2 nitrogen and oxygen atoms in total. The molecule has 0 aromatic carbocycles. The van der Waals surface area contributed by atoms with Crippen molar-refractivity contribution in [2.75, 3.05) is 6.61 Å². The minimum absolute atomic E-state index is 0.301. The molecule has 1 unspecified atom stereocenters. The van der Waals surface area contributed by atoms with Gasteiger partial charge in [-0.25, -0.2) is 0 Å². The van der Waals surface area contributed by atoms with Crippen molar-refractivity contribution in [3.8, 4) is 0 Å². The molecule has 0 saturated carbocycles.